The number of nitriles is 1. The molecule has 0 spiro atoms. The Morgan fingerprint density at radius 3 is 2.76 bits per heavy atom. The molecule has 0 bridgehead atoms. The molecule has 7 nitrogen and oxygen atoms in total. The number of hydrogen-bond donors (Lipinski definition) is 1. The normalized spacial score (nSPS) is 9.76. The number of anilines is 1. The van der Waals surface area contributed by atoms with Crippen LogP contribution in [-0.4, -0.2) is 28.6 Å². The van der Waals surface area contributed by atoms with Crippen molar-refractivity contribution in [1.29, 1.82) is 5.26 Å². The van der Waals surface area contributed by atoms with E-state index in [1.807, 2.05) is 13.0 Å². The van der Waals surface area contributed by atoms with Gasteiger partial charge >= 0.3 is 12.0 Å². The summed E-state index contributed by atoms with van der Waals surface area (Å²) < 4.78 is 10.6. The van der Waals surface area contributed by atoms with Crippen molar-refractivity contribution in [3.05, 3.63) is 29.8 Å². The van der Waals surface area contributed by atoms with Crippen LogP contribution in [0.3, 0.4) is 0 Å². The van der Waals surface area contributed by atoms with Gasteiger partial charge in [-0.1, -0.05) is 13.0 Å². The molecule has 0 atom stereocenters. The van der Waals surface area contributed by atoms with Crippen molar-refractivity contribution in [3.63, 3.8) is 0 Å². The topological polar surface area (TPSA) is 93.0 Å². The molecule has 0 radical (unpaired) electrons. The van der Waals surface area contributed by atoms with Crippen LogP contribution in [0, 0.1) is 11.3 Å². The monoisotopic (exact) mass is 285 g/mol. The Bertz CT molecular complexity index is 654. The highest BCUT2D eigenvalue weighted by molar-refractivity contribution is 5.37. The van der Waals surface area contributed by atoms with Gasteiger partial charge in [-0.15, -0.1) is 4.98 Å². The van der Waals surface area contributed by atoms with Crippen LogP contribution in [0.15, 0.2) is 24.3 Å². The molecule has 21 heavy (non-hydrogen) atoms. The summed E-state index contributed by atoms with van der Waals surface area (Å²) in [5.41, 5.74) is 0.498. The highest BCUT2D eigenvalue weighted by Crippen LogP contribution is 2.21. The number of ether oxygens (including phenoxy) is 2. The van der Waals surface area contributed by atoms with Crippen LogP contribution in [0.25, 0.3) is 0 Å². The predicted molar refractivity (Wildman–Crippen MR) is 76.4 cm³/mol. The van der Waals surface area contributed by atoms with E-state index in [0.29, 0.717) is 17.3 Å². The summed E-state index contributed by atoms with van der Waals surface area (Å²) in [7, 11) is 1.47. The van der Waals surface area contributed by atoms with E-state index in [0.717, 1.165) is 13.0 Å². The molecule has 0 aliphatic carbocycles. The lowest BCUT2D eigenvalue weighted by Crippen LogP contribution is -2.07. The van der Waals surface area contributed by atoms with Crippen LogP contribution in [0.2, 0.25) is 0 Å². The molecule has 7 heteroatoms. The average molecular weight is 285 g/mol. The number of rotatable bonds is 6. The maximum absolute atomic E-state index is 8.87. The van der Waals surface area contributed by atoms with Gasteiger partial charge in [0.25, 0.3) is 0 Å². The average Bonchev–Trinajstić information content (AvgIpc) is 2.52. The van der Waals surface area contributed by atoms with E-state index >= 15 is 0 Å². The second kappa shape index (κ2) is 7.05. The molecule has 0 fully saturated rings. The van der Waals surface area contributed by atoms with Gasteiger partial charge in [-0.2, -0.15) is 15.2 Å². The van der Waals surface area contributed by atoms with Crippen LogP contribution in [-0.2, 0) is 0 Å². The van der Waals surface area contributed by atoms with Crippen molar-refractivity contribution in [2.75, 3.05) is 19.0 Å². The smallest absolute Gasteiger partial charge is 0.330 e. The minimum Gasteiger partial charge on any atom is -0.467 e. The van der Waals surface area contributed by atoms with Crippen LogP contribution in [0.4, 0.5) is 5.95 Å². The summed E-state index contributed by atoms with van der Waals surface area (Å²) in [5, 5.41) is 11.9. The van der Waals surface area contributed by atoms with Crippen LogP contribution in [0.5, 0.6) is 17.8 Å². The predicted octanol–water partition coefficient (Wildman–Crippen LogP) is 2.37. The van der Waals surface area contributed by atoms with Crippen molar-refractivity contribution in [2.45, 2.75) is 13.3 Å². The van der Waals surface area contributed by atoms with Crippen molar-refractivity contribution in [2.24, 2.45) is 0 Å². The Kier molecular flexibility index (Phi) is 4.88. The van der Waals surface area contributed by atoms with E-state index in [1.165, 1.54) is 7.11 Å². The fourth-order valence-corrected chi connectivity index (χ4v) is 1.53. The summed E-state index contributed by atoms with van der Waals surface area (Å²) in [4.78, 5) is 12.2. The van der Waals surface area contributed by atoms with Gasteiger partial charge in [0.2, 0.25) is 5.95 Å². The molecule has 1 aromatic heterocycles. The molecule has 1 heterocycles. The molecule has 0 saturated carbocycles. The third-order valence-electron chi connectivity index (χ3n) is 2.48. The summed E-state index contributed by atoms with van der Waals surface area (Å²) in [6, 6.07) is 9.05. The number of benzene rings is 1. The zero-order valence-electron chi connectivity index (χ0n) is 11.8. The van der Waals surface area contributed by atoms with Gasteiger partial charge in [0.05, 0.1) is 18.7 Å². The van der Waals surface area contributed by atoms with Crippen molar-refractivity contribution in [1.82, 2.24) is 15.0 Å². The van der Waals surface area contributed by atoms with Gasteiger partial charge in [0.1, 0.15) is 5.75 Å². The molecule has 0 aliphatic heterocycles. The molecule has 1 aromatic carbocycles. The van der Waals surface area contributed by atoms with Gasteiger partial charge in [-0.3, -0.25) is 0 Å². The van der Waals surface area contributed by atoms with Crippen molar-refractivity contribution >= 4 is 5.95 Å². The lowest BCUT2D eigenvalue weighted by atomic mass is 10.2. The van der Waals surface area contributed by atoms with Crippen molar-refractivity contribution in [3.8, 4) is 23.8 Å². The fourth-order valence-electron chi connectivity index (χ4n) is 1.53. The number of methoxy groups -OCH3 is 1. The third-order valence-corrected chi connectivity index (χ3v) is 2.48. The lowest BCUT2D eigenvalue weighted by molar-refractivity contribution is 0.360. The van der Waals surface area contributed by atoms with Crippen LogP contribution < -0.4 is 14.8 Å². The quantitative estimate of drug-likeness (QED) is 0.870. The number of aromatic nitrogens is 3. The lowest BCUT2D eigenvalue weighted by Gasteiger charge is -2.08. The van der Waals surface area contributed by atoms with E-state index in [2.05, 4.69) is 20.3 Å². The maximum atomic E-state index is 8.87. The Labute approximate surface area is 122 Å². The molecular formula is C14H15N5O2. The Balaban J connectivity index is 2.23. The first kappa shape index (κ1) is 14.5. The summed E-state index contributed by atoms with van der Waals surface area (Å²) in [6.07, 6.45) is 0.939. The Hall–Kier alpha value is -2.88. The zero-order valence-corrected chi connectivity index (χ0v) is 11.8. The largest absolute Gasteiger partial charge is 0.467 e. The van der Waals surface area contributed by atoms with E-state index in [1.54, 1.807) is 24.3 Å². The number of nitrogens with zero attached hydrogens (tertiary/aromatic N) is 4. The van der Waals surface area contributed by atoms with Gasteiger partial charge in [-0.25, -0.2) is 0 Å². The first-order valence-corrected chi connectivity index (χ1v) is 6.47. The highest BCUT2D eigenvalue weighted by Gasteiger charge is 2.09. The number of nitrogens with one attached hydrogen (secondary N) is 1. The molecule has 0 amide bonds. The first-order chi connectivity index (χ1) is 10.2. The fraction of sp³-hybridized carbons (Fsp3) is 0.286. The standard InChI is InChI=1S/C14H15N5O2/c1-3-7-16-12-17-13(20-2)19-14(18-12)21-11-6-4-5-10(8-11)9-15/h4-6,8H,3,7H2,1-2H3,(H,16,17,18,19). The first-order valence-electron chi connectivity index (χ1n) is 6.47. The molecule has 0 aliphatic rings. The zero-order chi connectivity index (χ0) is 15.1. The number of hydrogen-bond acceptors (Lipinski definition) is 7. The van der Waals surface area contributed by atoms with Gasteiger partial charge in [-0.05, 0) is 24.6 Å². The van der Waals surface area contributed by atoms with E-state index in [-0.39, 0.29) is 12.0 Å². The van der Waals surface area contributed by atoms with E-state index in [9.17, 15) is 0 Å². The van der Waals surface area contributed by atoms with Crippen LogP contribution >= 0.6 is 0 Å². The molecule has 0 unspecified atom stereocenters. The second-order valence-corrected chi connectivity index (χ2v) is 4.10. The second-order valence-electron chi connectivity index (χ2n) is 4.10. The Morgan fingerprint density at radius 1 is 1.24 bits per heavy atom. The molecular weight excluding hydrogens is 270 g/mol. The van der Waals surface area contributed by atoms with Gasteiger partial charge in [0, 0.05) is 6.54 Å². The van der Waals surface area contributed by atoms with Gasteiger partial charge < -0.3 is 14.8 Å². The van der Waals surface area contributed by atoms with Crippen molar-refractivity contribution < 1.29 is 9.47 Å². The summed E-state index contributed by atoms with van der Waals surface area (Å²) in [5.74, 6) is 0.860. The molecule has 0 saturated heterocycles. The highest BCUT2D eigenvalue weighted by atomic mass is 16.5. The Morgan fingerprint density at radius 2 is 2.05 bits per heavy atom. The maximum Gasteiger partial charge on any atom is 0.330 e. The molecule has 108 valence electrons. The minimum atomic E-state index is 0.107. The SMILES string of the molecule is CCCNc1nc(OC)nc(Oc2cccc(C#N)c2)n1. The van der Waals surface area contributed by atoms with E-state index < -0.39 is 0 Å². The minimum absolute atomic E-state index is 0.107. The molecule has 2 rings (SSSR count). The summed E-state index contributed by atoms with van der Waals surface area (Å²) in [6.45, 7) is 2.77. The van der Waals surface area contributed by atoms with Crippen LogP contribution in [0.1, 0.15) is 18.9 Å². The summed E-state index contributed by atoms with van der Waals surface area (Å²) >= 11 is 0. The molecule has 2 aromatic rings. The van der Waals surface area contributed by atoms with E-state index in [4.69, 9.17) is 14.7 Å². The third kappa shape index (κ3) is 4.04. The van der Waals surface area contributed by atoms with Gasteiger partial charge in [0.15, 0.2) is 0 Å². The molecule has 1 N–H and O–H groups in total.